The fourth-order valence-corrected chi connectivity index (χ4v) is 5.26. The second-order valence-electron chi connectivity index (χ2n) is 8.36. The summed E-state index contributed by atoms with van der Waals surface area (Å²) in [6, 6.07) is 37.1. The predicted octanol–water partition coefficient (Wildman–Crippen LogP) is 7.12. The van der Waals surface area contributed by atoms with E-state index in [0.29, 0.717) is 0 Å². The summed E-state index contributed by atoms with van der Waals surface area (Å²) in [5.41, 5.74) is 7.04. The number of benzene rings is 4. The minimum atomic E-state index is 0.901. The summed E-state index contributed by atoms with van der Waals surface area (Å²) in [7, 11) is 0. The Labute approximate surface area is 185 Å². The smallest absolute Gasteiger partial charge is 0.152 e. The number of aromatic nitrogens is 1. The van der Waals surface area contributed by atoms with Crippen LogP contribution in [0.25, 0.3) is 60.0 Å². The third kappa shape index (κ3) is 2.21. The Kier molecular flexibility index (Phi) is 3.40. The summed E-state index contributed by atoms with van der Waals surface area (Å²) in [5.74, 6) is 2.72. The van der Waals surface area contributed by atoms with Crippen molar-refractivity contribution in [3.05, 3.63) is 109 Å². The second kappa shape index (κ2) is 6.30. The van der Waals surface area contributed by atoms with Crippen molar-refractivity contribution in [1.29, 1.82) is 0 Å². The fraction of sp³-hybridized carbons (Fsp3) is 0. The van der Waals surface area contributed by atoms with E-state index in [1.165, 1.54) is 60.0 Å². The Balaban J connectivity index is 1.78. The van der Waals surface area contributed by atoms with Crippen LogP contribution in [0.15, 0.2) is 103 Å². The van der Waals surface area contributed by atoms with Gasteiger partial charge in [0.05, 0.1) is 21.5 Å². The first-order valence-corrected chi connectivity index (χ1v) is 10.8. The molecule has 3 heterocycles. The molecule has 1 heteroatoms. The van der Waals surface area contributed by atoms with Crippen molar-refractivity contribution in [3.63, 3.8) is 0 Å². The van der Waals surface area contributed by atoms with Crippen LogP contribution in [-0.4, -0.2) is 0 Å². The maximum Gasteiger partial charge on any atom is 0.227 e. The quantitative estimate of drug-likeness (QED) is 0.119. The molecular weight excluding hydrogens is 386 g/mol. The number of pyridine rings is 3. The van der Waals surface area contributed by atoms with E-state index in [4.69, 9.17) is 6.42 Å². The predicted molar refractivity (Wildman–Crippen MR) is 134 cm³/mol. The van der Waals surface area contributed by atoms with Gasteiger partial charge >= 0.3 is 0 Å². The van der Waals surface area contributed by atoms with Crippen LogP contribution in [0.4, 0.5) is 0 Å². The summed E-state index contributed by atoms with van der Waals surface area (Å²) >= 11 is 0. The maximum atomic E-state index is 5.58. The number of terminal acetylenes is 1. The van der Waals surface area contributed by atoms with Crippen LogP contribution in [-0.2, 0) is 0 Å². The lowest BCUT2D eigenvalue weighted by Gasteiger charge is -2.13. The van der Waals surface area contributed by atoms with E-state index in [1.54, 1.807) is 0 Å². The lowest BCUT2D eigenvalue weighted by atomic mass is 9.93. The van der Waals surface area contributed by atoms with Gasteiger partial charge in [-0.25, -0.2) is 0 Å². The molecule has 7 rings (SSSR count). The zero-order valence-electron chi connectivity index (χ0n) is 17.3. The topological polar surface area (TPSA) is 4.10 Å². The van der Waals surface area contributed by atoms with E-state index < -0.39 is 0 Å². The minimum absolute atomic E-state index is 0.901. The van der Waals surface area contributed by atoms with Crippen LogP contribution >= 0.6 is 0 Å². The van der Waals surface area contributed by atoms with E-state index in [-0.39, 0.29) is 0 Å². The average Bonchev–Trinajstić information content (AvgIpc) is 2.88. The van der Waals surface area contributed by atoms with Gasteiger partial charge in [-0.15, -0.1) is 6.42 Å². The average molecular weight is 404 g/mol. The molecule has 0 N–H and O–H groups in total. The molecule has 0 bridgehead atoms. The van der Waals surface area contributed by atoms with Crippen LogP contribution in [0, 0.1) is 12.3 Å². The monoisotopic (exact) mass is 404 g/mol. The van der Waals surface area contributed by atoms with E-state index >= 15 is 0 Å². The van der Waals surface area contributed by atoms with Gasteiger partial charge in [0, 0.05) is 28.5 Å². The van der Waals surface area contributed by atoms with E-state index in [1.807, 2.05) is 12.1 Å². The first kappa shape index (κ1) is 17.3. The standard InChI is InChI=1S/C31H18N/c1-2-20-14-16-21(17-15-20)22-18-27-23-8-3-5-10-25(23)29-12-7-13-30-26-11-6-4-9-24(26)28(19-22)31(27)32(29)30/h1,3-19H/q+1. The van der Waals surface area contributed by atoms with Crippen molar-refractivity contribution in [2.45, 2.75) is 0 Å². The molecule has 1 nitrogen and oxygen atoms in total. The van der Waals surface area contributed by atoms with Gasteiger partial charge in [0.2, 0.25) is 16.6 Å². The third-order valence-corrected chi connectivity index (χ3v) is 6.69. The van der Waals surface area contributed by atoms with Gasteiger partial charge < -0.3 is 0 Å². The summed E-state index contributed by atoms with van der Waals surface area (Å²) < 4.78 is 2.44. The third-order valence-electron chi connectivity index (χ3n) is 6.69. The summed E-state index contributed by atoms with van der Waals surface area (Å²) in [6.07, 6.45) is 5.58. The fourth-order valence-electron chi connectivity index (χ4n) is 5.26. The number of rotatable bonds is 1. The summed E-state index contributed by atoms with van der Waals surface area (Å²) in [5, 5.41) is 7.64. The minimum Gasteiger partial charge on any atom is -0.152 e. The summed E-state index contributed by atoms with van der Waals surface area (Å²) in [4.78, 5) is 0. The highest BCUT2D eigenvalue weighted by Crippen LogP contribution is 2.37. The molecule has 7 aromatic rings. The van der Waals surface area contributed by atoms with Gasteiger partial charge in [0.15, 0.2) is 0 Å². The molecular formula is C31H18N+. The van der Waals surface area contributed by atoms with Crippen molar-refractivity contribution in [2.75, 3.05) is 0 Å². The lowest BCUT2D eigenvalue weighted by Crippen LogP contribution is -2.26. The van der Waals surface area contributed by atoms with E-state index in [0.717, 1.165) is 5.56 Å². The Hall–Kier alpha value is -4.41. The highest BCUT2D eigenvalue weighted by molar-refractivity contribution is 6.21. The van der Waals surface area contributed by atoms with Crippen LogP contribution in [0.2, 0.25) is 0 Å². The SMILES string of the molecule is C#Cc1ccc(-c2cc3c4ccccc4c4cccc5c6ccccc6c(c2)c3[n+]45)cc1. The van der Waals surface area contributed by atoms with Gasteiger partial charge in [-0.05, 0) is 53.6 Å². The lowest BCUT2D eigenvalue weighted by molar-refractivity contribution is -0.448. The van der Waals surface area contributed by atoms with Crippen LogP contribution in [0.5, 0.6) is 0 Å². The molecule has 4 aromatic carbocycles. The van der Waals surface area contributed by atoms with Gasteiger partial charge in [-0.2, -0.15) is 4.40 Å². The Morgan fingerprint density at radius 3 is 1.56 bits per heavy atom. The van der Waals surface area contributed by atoms with Gasteiger partial charge in [0.25, 0.3) is 0 Å². The number of nitrogens with zero attached hydrogens (tertiary/aromatic N) is 1. The Bertz CT molecular complexity index is 1760. The van der Waals surface area contributed by atoms with Crippen LogP contribution in [0.3, 0.4) is 0 Å². The molecule has 0 aliphatic heterocycles. The Morgan fingerprint density at radius 2 is 1.03 bits per heavy atom. The van der Waals surface area contributed by atoms with Gasteiger partial charge in [-0.1, -0.05) is 54.5 Å². The Morgan fingerprint density at radius 1 is 0.500 bits per heavy atom. The molecule has 0 radical (unpaired) electrons. The summed E-state index contributed by atoms with van der Waals surface area (Å²) in [6.45, 7) is 0. The number of hydrogen-bond acceptors (Lipinski definition) is 0. The van der Waals surface area contributed by atoms with Crippen molar-refractivity contribution >= 4 is 48.9 Å². The van der Waals surface area contributed by atoms with Crippen molar-refractivity contribution in [3.8, 4) is 23.5 Å². The molecule has 0 spiro atoms. The largest absolute Gasteiger partial charge is 0.227 e. The normalized spacial score (nSPS) is 11.7. The zero-order chi connectivity index (χ0) is 21.2. The molecule has 0 aliphatic carbocycles. The second-order valence-corrected chi connectivity index (χ2v) is 8.36. The van der Waals surface area contributed by atoms with Gasteiger partial charge in [0.1, 0.15) is 0 Å². The molecule has 32 heavy (non-hydrogen) atoms. The maximum absolute atomic E-state index is 5.58. The molecule has 0 atom stereocenters. The van der Waals surface area contributed by atoms with Crippen molar-refractivity contribution in [2.24, 2.45) is 0 Å². The molecule has 146 valence electrons. The molecule has 0 aliphatic rings. The first-order valence-electron chi connectivity index (χ1n) is 10.8. The highest BCUT2D eigenvalue weighted by Gasteiger charge is 2.24. The van der Waals surface area contributed by atoms with E-state index in [9.17, 15) is 0 Å². The molecule has 0 saturated heterocycles. The zero-order valence-corrected chi connectivity index (χ0v) is 17.3. The highest BCUT2D eigenvalue weighted by atomic mass is 14.9. The van der Waals surface area contributed by atoms with Crippen molar-refractivity contribution in [1.82, 2.24) is 0 Å². The molecule has 0 fully saturated rings. The molecule has 3 aromatic heterocycles. The van der Waals surface area contributed by atoms with Crippen LogP contribution in [0.1, 0.15) is 5.56 Å². The molecule has 0 amide bonds. The first-order chi connectivity index (χ1) is 15.8. The molecule has 0 unspecified atom stereocenters. The molecule has 0 saturated carbocycles. The number of fused-ring (bicyclic) bond motifs is 6. The van der Waals surface area contributed by atoms with Crippen LogP contribution < -0.4 is 4.40 Å². The van der Waals surface area contributed by atoms with Gasteiger partial charge in [-0.3, -0.25) is 0 Å². The van der Waals surface area contributed by atoms with E-state index in [2.05, 4.69) is 101 Å². The van der Waals surface area contributed by atoms with Crippen molar-refractivity contribution < 1.29 is 4.40 Å². The number of hydrogen-bond donors (Lipinski definition) is 0.